The first-order chi connectivity index (χ1) is 32.8. The molecule has 24 nitrogen and oxygen atoms in total. The fourth-order valence-corrected chi connectivity index (χ4v) is 9.49. The number of carbonyl (C=O) groups excluding carboxylic acids is 11. The average molecular weight is 1010 g/mol. The summed E-state index contributed by atoms with van der Waals surface area (Å²) in [5.41, 5.74) is 22.4. The molecule has 11 amide bonds. The van der Waals surface area contributed by atoms with Gasteiger partial charge in [0.1, 0.15) is 48.0 Å². The van der Waals surface area contributed by atoms with Crippen LogP contribution in [0.5, 0.6) is 5.75 Å². The molecule has 2 saturated heterocycles. The summed E-state index contributed by atoms with van der Waals surface area (Å²) in [5.74, 6) is -8.92. The topological polar surface area (TPSA) is 389 Å². The van der Waals surface area contributed by atoms with Crippen LogP contribution in [-0.2, 0) is 59.2 Å². The monoisotopic (exact) mass is 1010 g/mol. The van der Waals surface area contributed by atoms with Gasteiger partial charge in [0, 0.05) is 37.3 Å². The molecule has 0 spiro atoms. The molecule has 0 aliphatic carbocycles. The highest BCUT2D eigenvalue weighted by molar-refractivity contribution is 8.76. The Hall–Kier alpha value is -6.15. The van der Waals surface area contributed by atoms with Gasteiger partial charge in [0.2, 0.25) is 65.0 Å². The predicted octanol–water partition coefficient (Wildman–Crippen LogP) is -3.55. The number of carbonyl (C=O) groups is 11. The summed E-state index contributed by atoms with van der Waals surface area (Å²) in [4.78, 5) is 148. The predicted molar refractivity (Wildman–Crippen MR) is 255 cm³/mol. The summed E-state index contributed by atoms with van der Waals surface area (Å²) >= 11 is 0. The first-order valence-corrected chi connectivity index (χ1v) is 25.1. The molecular formula is C43H66N12O12S2. The van der Waals surface area contributed by atoms with Crippen molar-refractivity contribution in [2.24, 2.45) is 28.9 Å². The van der Waals surface area contributed by atoms with Crippen LogP contribution in [0.15, 0.2) is 24.3 Å². The number of rotatable bonds is 19. The zero-order valence-corrected chi connectivity index (χ0v) is 40.6. The summed E-state index contributed by atoms with van der Waals surface area (Å²) < 4.78 is 5.25. The van der Waals surface area contributed by atoms with Crippen LogP contribution in [0, 0.1) is 5.92 Å². The van der Waals surface area contributed by atoms with Gasteiger partial charge in [-0.3, -0.25) is 52.7 Å². The highest BCUT2D eigenvalue weighted by atomic mass is 33.1. The second kappa shape index (κ2) is 29.0. The molecule has 8 atom stereocenters. The maximum absolute atomic E-state index is 14.5. The molecule has 1 aromatic rings. The minimum Gasteiger partial charge on any atom is -0.497 e. The SMILES string of the molecule is CC[C@H](C)[C@@H]1NC(=O)[C@H](Cc2ccc(OC)cc2)NC(=O)CCSSC[C@H](C(=O)N2CCC[C@H]2C(=O)N[C@@H](CCCN)C(=O)NCC(N)=O)NC(=O)[C@H](CC(N)=O)NC(=O)[C@H](CCC(N)=O)NC1=O. The number of hydrogen-bond acceptors (Lipinski definition) is 15. The van der Waals surface area contributed by atoms with Gasteiger partial charge in [0.05, 0.1) is 20.1 Å². The molecule has 2 aliphatic rings. The van der Waals surface area contributed by atoms with E-state index in [-0.39, 0.29) is 56.7 Å². The number of benzene rings is 1. The van der Waals surface area contributed by atoms with Crippen molar-refractivity contribution in [3.8, 4) is 5.75 Å². The Morgan fingerprint density at radius 1 is 0.841 bits per heavy atom. The number of amides is 11. The number of nitrogens with zero attached hydrogens (tertiary/aromatic N) is 1. The molecular weight excluding hydrogens is 941 g/mol. The molecule has 0 unspecified atom stereocenters. The quantitative estimate of drug-likeness (QED) is 0.0598. The Labute approximate surface area is 407 Å². The summed E-state index contributed by atoms with van der Waals surface area (Å²) in [5, 5.41) is 18.0. The molecule has 15 N–H and O–H groups in total. The van der Waals surface area contributed by atoms with Crippen LogP contribution in [0.1, 0.15) is 77.2 Å². The van der Waals surface area contributed by atoms with Gasteiger partial charge in [-0.1, -0.05) is 54.0 Å². The molecule has 1 aromatic carbocycles. The van der Waals surface area contributed by atoms with Crippen LogP contribution in [0.25, 0.3) is 0 Å². The summed E-state index contributed by atoms with van der Waals surface area (Å²) in [7, 11) is 3.75. The second-order valence-corrected chi connectivity index (χ2v) is 19.3. The van der Waals surface area contributed by atoms with Gasteiger partial charge in [-0.2, -0.15) is 0 Å². The maximum Gasteiger partial charge on any atom is 0.246 e. The Bertz CT molecular complexity index is 2010. The Morgan fingerprint density at radius 3 is 2.13 bits per heavy atom. The molecule has 0 saturated carbocycles. The highest BCUT2D eigenvalue weighted by Gasteiger charge is 2.40. The fraction of sp³-hybridized carbons (Fsp3) is 0.605. The smallest absolute Gasteiger partial charge is 0.246 e. The molecule has 26 heteroatoms. The van der Waals surface area contributed by atoms with E-state index in [1.165, 1.54) is 12.0 Å². The van der Waals surface area contributed by atoms with E-state index in [2.05, 4.69) is 37.2 Å². The van der Waals surface area contributed by atoms with Crippen molar-refractivity contribution in [2.45, 2.75) is 120 Å². The average Bonchev–Trinajstić information content (AvgIpc) is 3.81. The van der Waals surface area contributed by atoms with Crippen LogP contribution in [0.3, 0.4) is 0 Å². The maximum atomic E-state index is 14.5. The molecule has 2 heterocycles. The third kappa shape index (κ3) is 19.0. The van der Waals surface area contributed by atoms with Gasteiger partial charge in [-0.15, -0.1) is 0 Å². The molecule has 69 heavy (non-hydrogen) atoms. The van der Waals surface area contributed by atoms with Gasteiger partial charge in [-0.05, 0) is 62.3 Å². The van der Waals surface area contributed by atoms with Crippen molar-refractivity contribution in [1.29, 1.82) is 0 Å². The summed E-state index contributed by atoms with van der Waals surface area (Å²) in [6.07, 6.45) is -0.318. The van der Waals surface area contributed by atoms with Crippen LogP contribution in [0.2, 0.25) is 0 Å². The molecule has 2 fully saturated rings. The first kappa shape index (κ1) is 57.2. The molecule has 382 valence electrons. The summed E-state index contributed by atoms with van der Waals surface area (Å²) in [6, 6.07) is -2.59. The highest BCUT2D eigenvalue weighted by Crippen LogP contribution is 2.26. The number of likely N-dealkylation sites (tertiary alicyclic amines) is 1. The van der Waals surface area contributed by atoms with Crippen molar-refractivity contribution in [3.63, 3.8) is 0 Å². The lowest BCUT2D eigenvalue weighted by Gasteiger charge is -2.31. The Morgan fingerprint density at radius 2 is 1.51 bits per heavy atom. The molecule has 0 aromatic heterocycles. The van der Waals surface area contributed by atoms with E-state index in [0.29, 0.717) is 30.6 Å². The third-order valence-electron chi connectivity index (χ3n) is 11.3. The lowest BCUT2D eigenvalue weighted by Crippen LogP contribution is -2.61. The van der Waals surface area contributed by atoms with Crippen molar-refractivity contribution in [3.05, 3.63) is 29.8 Å². The largest absolute Gasteiger partial charge is 0.497 e. The zero-order valence-electron chi connectivity index (χ0n) is 39.0. The van der Waals surface area contributed by atoms with E-state index >= 15 is 0 Å². The molecule has 0 radical (unpaired) electrons. The third-order valence-corrected chi connectivity index (χ3v) is 13.8. The summed E-state index contributed by atoms with van der Waals surface area (Å²) in [6.45, 7) is 3.22. The van der Waals surface area contributed by atoms with Gasteiger partial charge in [0.25, 0.3) is 0 Å². The molecule has 0 bridgehead atoms. The lowest BCUT2D eigenvalue weighted by molar-refractivity contribution is -0.142. The van der Waals surface area contributed by atoms with Crippen LogP contribution >= 0.6 is 21.6 Å². The standard InChI is InChI=1S/C43H66N12O12S2/c1-4-23(2)36-42(65)51-27(13-14-32(45)56)38(61)52-29(20-33(46)57)39(62)53-30(22-69-68-18-15-35(59)49-28(40(63)54-36)19-24-9-11-25(67-3)12-10-24)43(66)55-17-6-8-31(55)41(64)50-26(7-5-16-44)37(60)48-21-34(47)58/h9-12,23,26-31,36H,4-8,13-22,44H2,1-3H3,(H2,45,56)(H2,46,57)(H2,47,58)(H,48,60)(H,49,59)(H,50,64)(H,51,65)(H,52,61)(H,53,62)(H,54,63)/t23-,26-,27-,28-,29-,30+,31-,36-/m0/s1. The Balaban J connectivity index is 2.02. The fourth-order valence-electron chi connectivity index (χ4n) is 7.34. The van der Waals surface area contributed by atoms with E-state index in [1.54, 1.807) is 38.1 Å². The minimum atomic E-state index is -1.73. The van der Waals surface area contributed by atoms with Crippen molar-refractivity contribution in [1.82, 2.24) is 42.1 Å². The number of nitrogens with one attached hydrogen (secondary N) is 7. The van der Waals surface area contributed by atoms with Crippen LogP contribution < -0.4 is 64.9 Å². The zero-order chi connectivity index (χ0) is 51.2. The lowest BCUT2D eigenvalue weighted by atomic mass is 9.96. The number of hydrogen-bond donors (Lipinski definition) is 11. The van der Waals surface area contributed by atoms with Gasteiger partial charge in [0.15, 0.2) is 0 Å². The Kier molecular flexibility index (Phi) is 24.0. The number of primary amides is 3. The van der Waals surface area contributed by atoms with Gasteiger partial charge >= 0.3 is 0 Å². The minimum absolute atomic E-state index is 0.0129. The van der Waals surface area contributed by atoms with Gasteiger partial charge < -0.3 is 69.8 Å². The normalized spacial score (nSPS) is 23.1. The van der Waals surface area contributed by atoms with E-state index in [1.807, 2.05) is 0 Å². The van der Waals surface area contributed by atoms with E-state index < -0.39 is 133 Å². The number of methoxy groups -OCH3 is 1. The van der Waals surface area contributed by atoms with Crippen molar-refractivity contribution < 1.29 is 57.5 Å². The number of ether oxygens (including phenoxy) is 1. The van der Waals surface area contributed by atoms with Crippen LogP contribution in [0.4, 0.5) is 0 Å². The molecule has 2 aliphatic heterocycles. The number of nitrogens with two attached hydrogens (primary N) is 4. The van der Waals surface area contributed by atoms with E-state index in [0.717, 1.165) is 21.6 Å². The van der Waals surface area contributed by atoms with E-state index in [9.17, 15) is 52.7 Å². The second-order valence-electron chi connectivity index (χ2n) is 16.6. The van der Waals surface area contributed by atoms with Gasteiger partial charge in [-0.25, -0.2) is 0 Å². The van der Waals surface area contributed by atoms with Crippen LogP contribution in [-0.4, -0.2) is 150 Å². The first-order valence-electron chi connectivity index (χ1n) is 22.6. The molecule has 3 rings (SSSR count). The van der Waals surface area contributed by atoms with Crippen molar-refractivity contribution >= 4 is 86.6 Å². The van der Waals surface area contributed by atoms with E-state index in [4.69, 9.17) is 27.7 Å². The van der Waals surface area contributed by atoms with Crippen molar-refractivity contribution in [2.75, 3.05) is 38.2 Å².